The van der Waals surface area contributed by atoms with E-state index in [-0.39, 0.29) is 12.8 Å². The second-order valence-electron chi connectivity index (χ2n) is 4.45. The monoisotopic (exact) mass is 250 g/mol. The van der Waals surface area contributed by atoms with Crippen molar-refractivity contribution in [3.05, 3.63) is 29.8 Å². The van der Waals surface area contributed by atoms with Crippen molar-refractivity contribution in [2.45, 2.75) is 25.4 Å². The average molecular weight is 250 g/mol. The molecule has 5 nitrogen and oxygen atoms in total. The number of aliphatic hydroxyl groups excluding tert-OH is 1. The minimum Gasteiger partial charge on any atom is -0.481 e. The van der Waals surface area contributed by atoms with Gasteiger partial charge in [0.25, 0.3) is 0 Å². The first-order valence-corrected chi connectivity index (χ1v) is 6.17. The van der Waals surface area contributed by atoms with Gasteiger partial charge in [-0.15, -0.1) is 0 Å². The standard InChI is InChI=1S/C13H18N2O3/c16-12(6-7-13(17)18)10-2-4-11(5-3-10)15-9-1-8-14-15/h2-5,12,14,16H,1,6-9H2,(H,17,18). The zero-order chi connectivity index (χ0) is 13.0. The Bertz CT molecular complexity index is 399. The van der Waals surface area contributed by atoms with Crippen LogP contribution in [0, 0.1) is 0 Å². The molecular weight excluding hydrogens is 232 g/mol. The Morgan fingerprint density at radius 2 is 2.11 bits per heavy atom. The highest BCUT2D eigenvalue weighted by molar-refractivity contribution is 5.66. The third-order valence-electron chi connectivity index (χ3n) is 3.08. The van der Waals surface area contributed by atoms with Gasteiger partial charge in [0.15, 0.2) is 0 Å². The lowest BCUT2D eigenvalue weighted by Gasteiger charge is -2.18. The molecule has 0 saturated carbocycles. The molecule has 18 heavy (non-hydrogen) atoms. The lowest BCUT2D eigenvalue weighted by atomic mass is 10.0. The molecule has 98 valence electrons. The molecule has 1 heterocycles. The van der Waals surface area contributed by atoms with Crippen molar-refractivity contribution in [2.75, 3.05) is 18.1 Å². The molecule has 0 aromatic heterocycles. The van der Waals surface area contributed by atoms with Crippen LogP contribution >= 0.6 is 0 Å². The summed E-state index contributed by atoms with van der Waals surface area (Å²) in [4.78, 5) is 10.4. The van der Waals surface area contributed by atoms with E-state index < -0.39 is 12.1 Å². The molecule has 0 amide bonds. The number of rotatable bonds is 5. The molecule has 1 aromatic carbocycles. The highest BCUT2D eigenvalue weighted by Gasteiger charge is 2.13. The number of anilines is 1. The van der Waals surface area contributed by atoms with Gasteiger partial charge in [-0.05, 0) is 30.5 Å². The van der Waals surface area contributed by atoms with Crippen LogP contribution in [0.4, 0.5) is 5.69 Å². The Morgan fingerprint density at radius 3 is 2.67 bits per heavy atom. The molecule has 1 aliphatic rings. The van der Waals surface area contributed by atoms with Gasteiger partial charge in [-0.1, -0.05) is 12.1 Å². The summed E-state index contributed by atoms with van der Waals surface area (Å²) in [6, 6.07) is 7.58. The lowest BCUT2D eigenvalue weighted by molar-refractivity contribution is -0.137. The summed E-state index contributed by atoms with van der Waals surface area (Å²) in [6.07, 6.45) is 0.651. The summed E-state index contributed by atoms with van der Waals surface area (Å²) < 4.78 is 0. The average Bonchev–Trinajstić information content (AvgIpc) is 2.90. The van der Waals surface area contributed by atoms with Crippen LogP contribution in [0.1, 0.15) is 30.9 Å². The summed E-state index contributed by atoms with van der Waals surface area (Å²) in [5, 5.41) is 20.5. The first kappa shape index (κ1) is 12.9. The fourth-order valence-electron chi connectivity index (χ4n) is 2.05. The van der Waals surface area contributed by atoms with Crippen LogP contribution in [0.5, 0.6) is 0 Å². The second-order valence-corrected chi connectivity index (χ2v) is 4.45. The summed E-state index contributed by atoms with van der Waals surface area (Å²) >= 11 is 0. The number of carboxylic acid groups (broad SMARTS) is 1. The van der Waals surface area contributed by atoms with Gasteiger partial charge in [-0.3, -0.25) is 4.79 Å². The Kier molecular flexibility index (Phi) is 4.17. The van der Waals surface area contributed by atoms with Gasteiger partial charge in [0, 0.05) is 19.5 Å². The van der Waals surface area contributed by atoms with Crippen LogP contribution in [-0.4, -0.2) is 29.3 Å². The number of carbonyl (C=O) groups is 1. The van der Waals surface area contributed by atoms with Gasteiger partial charge in [-0.25, -0.2) is 5.43 Å². The molecule has 1 aliphatic heterocycles. The maximum absolute atomic E-state index is 10.4. The number of nitrogens with zero attached hydrogens (tertiary/aromatic N) is 1. The minimum absolute atomic E-state index is 0.0173. The maximum atomic E-state index is 10.4. The summed E-state index contributed by atoms with van der Waals surface area (Å²) in [6.45, 7) is 1.98. The fraction of sp³-hybridized carbons (Fsp3) is 0.462. The van der Waals surface area contributed by atoms with Crippen molar-refractivity contribution >= 4 is 11.7 Å². The smallest absolute Gasteiger partial charge is 0.303 e. The van der Waals surface area contributed by atoms with Crippen molar-refractivity contribution < 1.29 is 15.0 Å². The number of benzene rings is 1. The highest BCUT2D eigenvalue weighted by Crippen LogP contribution is 2.22. The second kappa shape index (κ2) is 5.84. The Hall–Kier alpha value is -1.59. The predicted octanol–water partition coefficient (Wildman–Crippen LogP) is 1.30. The highest BCUT2D eigenvalue weighted by atomic mass is 16.4. The van der Waals surface area contributed by atoms with E-state index in [4.69, 9.17) is 5.11 Å². The molecular formula is C13H18N2O3. The third-order valence-corrected chi connectivity index (χ3v) is 3.08. The molecule has 0 aliphatic carbocycles. The van der Waals surface area contributed by atoms with Gasteiger partial charge in [0.05, 0.1) is 11.8 Å². The Balaban J connectivity index is 1.95. The molecule has 1 saturated heterocycles. The van der Waals surface area contributed by atoms with Crippen LogP contribution in [0.3, 0.4) is 0 Å². The van der Waals surface area contributed by atoms with E-state index in [0.29, 0.717) is 0 Å². The molecule has 1 atom stereocenters. The first-order chi connectivity index (χ1) is 8.66. The Labute approximate surface area is 106 Å². The number of nitrogens with one attached hydrogen (secondary N) is 1. The number of aliphatic carboxylic acids is 1. The summed E-state index contributed by atoms with van der Waals surface area (Å²) in [5.74, 6) is -0.882. The molecule has 5 heteroatoms. The molecule has 0 spiro atoms. The van der Waals surface area contributed by atoms with Crippen LogP contribution in [0.25, 0.3) is 0 Å². The van der Waals surface area contributed by atoms with Crippen LogP contribution in [0.2, 0.25) is 0 Å². The van der Waals surface area contributed by atoms with Gasteiger partial charge in [0.1, 0.15) is 0 Å². The van der Waals surface area contributed by atoms with E-state index in [1.54, 1.807) is 0 Å². The van der Waals surface area contributed by atoms with Gasteiger partial charge in [-0.2, -0.15) is 0 Å². The van der Waals surface area contributed by atoms with Gasteiger partial charge in [0.2, 0.25) is 0 Å². The van der Waals surface area contributed by atoms with Crippen molar-refractivity contribution in [2.24, 2.45) is 0 Å². The number of carboxylic acids is 1. The van der Waals surface area contributed by atoms with Crippen LogP contribution in [0.15, 0.2) is 24.3 Å². The fourth-order valence-corrected chi connectivity index (χ4v) is 2.05. The van der Waals surface area contributed by atoms with E-state index in [2.05, 4.69) is 10.4 Å². The van der Waals surface area contributed by atoms with Gasteiger partial charge < -0.3 is 15.2 Å². The normalized spacial score (nSPS) is 16.8. The van der Waals surface area contributed by atoms with Crippen LogP contribution < -0.4 is 10.4 Å². The Morgan fingerprint density at radius 1 is 1.39 bits per heavy atom. The van der Waals surface area contributed by atoms with Crippen molar-refractivity contribution in [1.29, 1.82) is 0 Å². The first-order valence-electron chi connectivity index (χ1n) is 6.17. The van der Waals surface area contributed by atoms with Gasteiger partial charge >= 0.3 is 5.97 Å². The number of hydrazine groups is 1. The van der Waals surface area contributed by atoms with E-state index in [9.17, 15) is 9.90 Å². The minimum atomic E-state index is -0.882. The molecule has 2 rings (SSSR count). The largest absolute Gasteiger partial charge is 0.481 e. The van der Waals surface area contributed by atoms with Crippen molar-refractivity contribution in [3.63, 3.8) is 0 Å². The van der Waals surface area contributed by atoms with E-state index in [0.717, 1.165) is 30.8 Å². The summed E-state index contributed by atoms with van der Waals surface area (Å²) in [5.41, 5.74) is 5.09. The SMILES string of the molecule is O=C(O)CCC(O)c1ccc(N2CCCN2)cc1. The molecule has 1 aromatic rings. The maximum Gasteiger partial charge on any atom is 0.303 e. The third kappa shape index (κ3) is 3.21. The number of hydrogen-bond donors (Lipinski definition) is 3. The quantitative estimate of drug-likeness (QED) is 0.734. The lowest BCUT2D eigenvalue weighted by Crippen LogP contribution is -2.30. The zero-order valence-corrected chi connectivity index (χ0v) is 10.2. The molecule has 1 unspecified atom stereocenters. The van der Waals surface area contributed by atoms with Crippen LogP contribution in [-0.2, 0) is 4.79 Å². The molecule has 0 radical (unpaired) electrons. The van der Waals surface area contributed by atoms with E-state index in [1.165, 1.54) is 0 Å². The number of aliphatic hydroxyl groups is 1. The number of hydrogen-bond acceptors (Lipinski definition) is 4. The zero-order valence-electron chi connectivity index (χ0n) is 10.2. The molecule has 0 bridgehead atoms. The van der Waals surface area contributed by atoms with Crippen molar-refractivity contribution in [3.8, 4) is 0 Å². The van der Waals surface area contributed by atoms with Crippen molar-refractivity contribution in [1.82, 2.24) is 5.43 Å². The molecule has 3 N–H and O–H groups in total. The van der Waals surface area contributed by atoms with E-state index in [1.807, 2.05) is 24.3 Å². The van der Waals surface area contributed by atoms with E-state index >= 15 is 0 Å². The predicted molar refractivity (Wildman–Crippen MR) is 68.2 cm³/mol. The topological polar surface area (TPSA) is 72.8 Å². The summed E-state index contributed by atoms with van der Waals surface area (Å²) in [7, 11) is 0. The molecule has 1 fully saturated rings.